The Morgan fingerprint density at radius 2 is 2.09 bits per heavy atom. The van der Waals surface area contributed by atoms with Crippen LogP contribution in [0.4, 0.5) is 15.0 Å². The monoisotopic (exact) mass is 499 g/mol. The van der Waals surface area contributed by atoms with Crippen LogP contribution in [0.2, 0.25) is 5.02 Å². The third-order valence-corrected chi connectivity index (χ3v) is 7.49. The second-order valence-corrected chi connectivity index (χ2v) is 9.36. The van der Waals surface area contributed by atoms with Crippen molar-refractivity contribution in [3.05, 3.63) is 58.5 Å². The number of nitriles is 1. The summed E-state index contributed by atoms with van der Waals surface area (Å²) in [5, 5.41) is 22.2. The number of aromatic nitrogens is 1. The van der Waals surface area contributed by atoms with E-state index in [1.807, 2.05) is 6.07 Å². The fraction of sp³-hybridized carbons (Fsp3) is 0.440. The summed E-state index contributed by atoms with van der Waals surface area (Å²) in [6, 6.07) is 9.96. The summed E-state index contributed by atoms with van der Waals surface area (Å²) in [5.41, 5.74) is -0.322. The normalized spacial score (nSPS) is 22.6. The number of pyridine rings is 1. The molecular formula is C25H27ClFN5O3. The maximum Gasteiger partial charge on any atom is 0.408 e. The van der Waals surface area contributed by atoms with Gasteiger partial charge in [-0.3, -0.25) is 9.69 Å². The van der Waals surface area contributed by atoms with Crippen molar-refractivity contribution in [2.24, 2.45) is 5.92 Å². The first-order valence-electron chi connectivity index (χ1n) is 11.6. The molecule has 2 aliphatic rings. The van der Waals surface area contributed by atoms with Gasteiger partial charge < -0.3 is 15.3 Å². The molecule has 0 unspecified atom stereocenters. The van der Waals surface area contributed by atoms with Crippen LogP contribution in [0.3, 0.4) is 0 Å². The van der Waals surface area contributed by atoms with Crippen LogP contribution in [0.5, 0.6) is 0 Å². The molecule has 184 valence electrons. The average molecular weight is 500 g/mol. The van der Waals surface area contributed by atoms with E-state index in [0.717, 1.165) is 5.82 Å². The zero-order valence-electron chi connectivity index (χ0n) is 19.4. The smallest absolute Gasteiger partial charge is 0.408 e. The van der Waals surface area contributed by atoms with Gasteiger partial charge in [0.25, 0.3) is 0 Å². The second kappa shape index (κ2) is 10.2. The number of likely N-dealkylation sites (N-methyl/N-ethyl adjacent to an activating group) is 1. The lowest BCUT2D eigenvalue weighted by Crippen LogP contribution is -2.63. The number of carbonyl (C=O) groups is 2. The molecule has 8 nitrogen and oxygen atoms in total. The van der Waals surface area contributed by atoms with Crippen molar-refractivity contribution < 1.29 is 19.1 Å². The van der Waals surface area contributed by atoms with E-state index in [9.17, 15) is 19.1 Å². The van der Waals surface area contributed by atoms with E-state index in [1.165, 1.54) is 23.2 Å². The van der Waals surface area contributed by atoms with E-state index in [1.54, 1.807) is 25.1 Å². The minimum Gasteiger partial charge on any atom is -0.465 e. The number of amides is 1. The Balaban J connectivity index is 1.62. The van der Waals surface area contributed by atoms with Crippen LogP contribution in [-0.4, -0.2) is 65.1 Å². The SMILES string of the molecule is CCN(C(=O)O)[C@]1(C(=O)C2CCN(c3ccc(C#N)cn3)CC2)CNC[C@H]1c1ccc(Cl)c(F)c1. The first kappa shape index (κ1) is 24.9. The highest BCUT2D eigenvalue weighted by Crippen LogP contribution is 2.42. The number of rotatable bonds is 6. The number of benzene rings is 1. The minimum atomic E-state index is -1.35. The van der Waals surface area contributed by atoms with Gasteiger partial charge >= 0.3 is 6.09 Å². The van der Waals surface area contributed by atoms with Crippen LogP contribution < -0.4 is 10.2 Å². The number of carboxylic acid groups (broad SMARTS) is 1. The third-order valence-electron chi connectivity index (χ3n) is 7.19. The molecule has 0 saturated carbocycles. The lowest BCUT2D eigenvalue weighted by Gasteiger charge is -2.45. The summed E-state index contributed by atoms with van der Waals surface area (Å²) in [4.78, 5) is 34.1. The Kier molecular flexibility index (Phi) is 7.24. The molecule has 2 atom stereocenters. The molecule has 1 amide bonds. The highest BCUT2D eigenvalue weighted by atomic mass is 35.5. The molecule has 35 heavy (non-hydrogen) atoms. The maximum atomic E-state index is 14.3. The number of carbonyl (C=O) groups excluding carboxylic acids is 1. The van der Waals surface area contributed by atoms with E-state index in [-0.39, 0.29) is 29.8 Å². The van der Waals surface area contributed by atoms with E-state index in [4.69, 9.17) is 16.9 Å². The van der Waals surface area contributed by atoms with Gasteiger partial charge in [-0.25, -0.2) is 14.2 Å². The van der Waals surface area contributed by atoms with E-state index in [0.29, 0.717) is 43.6 Å². The number of hydrogen-bond donors (Lipinski definition) is 2. The number of piperidine rings is 1. The van der Waals surface area contributed by atoms with Gasteiger partial charge in [0, 0.05) is 50.8 Å². The maximum absolute atomic E-state index is 14.3. The summed E-state index contributed by atoms with van der Waals surface area (Å²) in [6.45, 7) is 3.52. The van der Waals surface area contributed by atoms with Gasteiger partial charge in [0.1, 0.15) is 23.2 Å². The molecule has 10 heteroatoms. The summed E-state index contributed by atoms with van der Waals surface area (Å²) in [6.07, 6.45) is 1.43. The Hall–Kier alpha value is -3.22. The van der Waals surface area contributed by atoms with Gasteiger partial charge in [-0.2, -0.15) is 5.26 Å². The molecule has 3 heterocycles. The minimum absolute atomic E-state index is 0.0222. The molecule has 0 bridgehead atoms. The summed E-state index contributed by atoms with van der Waals surface area (Å²) in [7, 11) is 0. The molecule has 2 N–H and O–H groups in total. The molecule has 1 aromatic heterocycles. The highest BCUT2D eigenvalue weighted by molar-refractivity contribution is 6.30. The second-order valence-electron chi connectivity index (χ2n) is 8.95. The molecule has 0 aliphatic carbocycles. The Bertz CT molecular complexity index is 1150. The summed E-state index contributed by atoms with van der Waals surface area (Å²) >= 11 is 5.88. The lowest BCUT2D eigenvalue weighted by molar-refractivity contribution is -0.135. The van der Waals surface area contributed by atoms with Crippen LogP contribution in [0.1, 0.15) is 36.8 Å². The predicted octanol–water partition coefficient (Wildman–Crippen LogP) is 3.66. The molecule has 4 rings (SSSR count). The van der Waals surface area contributed by atoms with E-state index < -0.39 is 23.4 Å². The first-order chi connectivity index (χ1) is 16.8. The van der Waals surface area contributed by atoms with Crippen molar-refractivity contribution in [2.45, 2.75) is 31.2 Å². The number of anilines is 1. The fourth-order valence-electron chi connectivity index (χ4n) is 5.45. The molecule has 2 fully saturated rings. The third kappa shape index (κ3) is 4.56. The Morgan fingerprint density at radius 1 is 1.34 bits per heavy atom. The largest absolute Gasteiger partial charge is 0.465 e. The van der Waals surface area contributed by atoms with Crippen LogP contribution in [-0.2, 0) is 4.79 Å². The van der Waals surface area contributed by atoms with Crippen LogP contribution >= 0.6 is 11.6 Å². The number of hydrogen-bond acceptors (Lipinski definition) is 6. The van der Waals surface area contributed by atoms with Crippen LogP contribution in [0, 0.1) is 23.1 Å². The van der Waals surface area contributed by atoms with Crippen molar-refractivity contribution in [3.63, 3.8) is 0 Å². The molecule has 1 aromatic carbocycles. The molecule has 0 radical (unpaired) electrons. The van der Waals surface area contributed by atoms with Crippen molar-refractivity contribution in [3.8, 4) is 6.07 Å². The van der Waals surface area contributed by atoms with Gasteiger partial charge in [-0.05, 0) is 49.6 Å². The molecule has 0 spiro atoms. The number of nitrogens with zero attached hydrogens (tertiary/aromatic N) is 4. The average Bonchev–Trinajstić information content (AvgIpc) is 3.31. The van der Waals surface area contributed by atoms with Crippen molar-refractivity contribution >= 4 is 29.3 Å². The standard InChI is InChI=1S/C25H27ClFN5O3/c1-2-32(24(34)35)25(15-29-14-19(25)18-4-5-20(26)21(27)11-18)23(33)17-7-9-31(10-8-17)22-6-3-16(12-28)13-30-22/h3-6,11,13,17,19,29H,2,7-10,14-15H2,1H3,(H,34,35)/t19-,25+/m0/s1. The van der Waals surface area contributed by atoms with E-state index >= 15 is 0 Å². The Labute approximate surface area is 208 Å². The van der Waals surface area contributed by atoms with Crippen LogP contribution in [0.15, 0.2) is 36.5 Å². The zero-order valence-corrected chi connectivity index (χ0v) is 20.1. The number of ketones is 1. The van der Waals surface area contributed by atoms with E-state index in [2.05, 4.69) is 15.2 Å². The Morgan fingerprint density at radius 3 is 2.66 bits per heavy atom. The zero-order chi connectivity index (χ0) is 25.2. The van der Waals surface area contributed by atoms with Crippen molar-refractivity contribution in [1.29, 1.82) is 5.26 Å². The van der Waals surface area contributed by atoms with Gasteiger partial charge in [0.2, 0.25) is 0 Å². The summed E-state index contributed by atoms with van der Waals surface area (Å²) in [5.74, 6) is -0.894. The fourth-order valence-corrected chi connectivity index (χ4v) is 5.57. The van der Waals surface area contributed by atoms with Gasteiger partial charge in [0.15, 0.2) is 5.78 Å². The number of Topliss-reactive ketones (excluding diaryl/α,β-unsaturated/α-hetero) is 1. The predicted molar refractivity (Wildman–Crippen MR) is 129 cm³/mol. The molecular weight excluding hydrogens is 473 g/mol. The first-order valence-corrected chi connectivity index (χ1v) is 12.0. The topological polar surface area (TPSA) is 110 Å². The van der Waals surface area contributed by atoms with Crippen molar-refractivity contribution in [2.75, 3.05) is 37.6 Å². The van der Waals surface area contributed by atoms with Crippen LogP contribution in [0.25, 0.3) is 0 Å². The van der Waals surface area contributed by atoms with Gasteiger partial charge in [-0.15, -0.1) is 0 Å². The highest BCUT2D eigenvalue weighted by Gasteiger charge is 2.56. The van der Waals surface area contributed by atoms with Gasteiger partial charge in [-0.1, -0.05) is 17.7 Å². The summed E-state index contributed by atoms with van der Waals surface area (Å²) < 4.78 is 14.3. The number of nitrogens with one attached hydrogen (secondary N) is 1. The molecule has 2 aromatic rings. The molecule has 2 aliphatic heterocycles. The number of halogens is 2. The van der Waals surface area contributed by atoms with Gasteiger partial charge in [0.05, 0.1) is 10.6 Å². The lowest BCUT2D eigenvalue weighted by atomic mass is 9.71. The van der Waals surface area contributed by atoms with Crippen molar-refractivity contribution in [1.82, 2.24) is 15.2 Å². The quantitative estimate of drug-likeness (QED) is 0.624. The molecule has 2 saturated heterocycles.